The van der Waals surface area contributed by atoms with Gasteiger partial charge in [0.05, 0.1) is 23.6 Å². The Morgan fingerprint density at radius 2 is 2.00 bits per heavy atom. The summed E-state index contributed by atoms with van der Waals surface area (Å²) in [5.74, 6) is -3.29. The Bertz CT molecular complexity index is 941. The van der Waals surface area contributed by atoms with E-state index in [4.69, 9.17) is 9.47 Å². The molecule has 1 N–H and O–H groups in total. The number of aromatic nitrogens is 2. The highest BCUT2D eigenvalue weighted by Crippen LogP contribution is 2.20. The van der Waals surface area contributed by atoms with Gasteiger partial charge in [0.15, 0.2) is 0 Å². The van der Waals surface area contributed by atoms with Crippen molar-refractivity contribution in [2.75, 3.05) is 26.4 Å². The Labute approximate surface area is 186 Å². The Kier molecular flexibility index (Phi) is 8.33. The zero-order valence-electron chi connectivity index (χ0n) is 18.5. The lowest BCUT2D eigenvalue weighted by atomic mass is 10.1. The maximum Gasteiger partial charge on any atom is 0.344 e. The molecule has 1 atom stereocenters. The SMILES string of the molecule is CCc1nn(C[C@@H](C)COC(=O)c2c(F)cccc2F)c2c1C(=O)NCCCOCCC2. The summed E-state index contributed by atoms with van der Waals surface area (Å²) < 4.78 is 40.1. The number of benzene rings is 1. The van der Waals surface area contributed by atoms with E-state index >= 15 is 0 Å². The van der Waals surface area contributed by atoms with Gasteiger partial charge in [0, 0.05) is 32.2 Å². The molecule has 1 amide bonds. The van der Waals surface area contributed by atoms with Crippen molar-refractivity contribution in [3.05, 3.63) is 52.3 Å². The summed E-state index contributed by atoms with van der Waals surface area (Å²) in [6.07, 6.45) is 2.74. The van der Waals surface area contributed by atoms with Crippen molar-refractivity contribution in [1.29, 1.82) is 0 Å². The molecule has 0 saturated carbocycles. The summed E-state index contributed by atoms with van der Waals surface area (Å²) in [5, 5.41) is 7.57. The van der Waals surface area contributed by atoms with Gasteiger partial charge >= 0.3 is 5.97 Å². The number of esters is 1. The summed E-state index contributed by atoms with van der Waals surface area (Å²) in [7, 11) is 0. The van der Waals surface area contributed by atoms with Crippen molar-refractivity contribution >= 4 is 11.9 Å². The van der Waals surface area contributed by atoms with Crippen molar-refractivity contribution in [3.63, 3.8) is 0 Å². The molecule has 174 valence electrons. The van der Waals surface area contributed by atoms with Crippen molar-refractivity contribution in [3.8, 4) is 0 Å². The Morgan fingerprint density at radius 3 is 2.72 bits per heavy atom. The van der Waals surface area contributed by atoms with E-state index < -0.39 is 23.2 Å². The second-order valence-corrected chi connectivity index (χ2v) is 7.93. The van der Waals surface area contributed by atoms with Crippen LogP contribution in [-0.4, -0.2) is 48.0 Å². The minimum atomic E-state index is -1.04. The van der Waals surface area contributed by atoms with Gasteiger partial charge in [-0.15, -0.1) is 0 Å². The smallest absolute Gasteiger partial charge is 0.344 e. The fraction of sp³-hybridized carbons (Fsp3) is 0.522. The molecule has 2 heterocycles. The Balaban J connectivity index is 1.73. The average Bonchev–Trinajstić information content (AvgIpc) is 3.08. The Hall–Kier alpha value is -2.81. The first-order valence-corrected chi connectivity index (χ1v) is 11.0. The lowest BCUT2D eigenvalue weighted by Gasteiger charge is -2.15. The highest BCUT2D eigenvalue weighted by molar-refractivity contribution is 5.96. The molecule has 1 aliphatic heterocycles. The zero-order valence-corrected chi connectivity index (χ0v) is 18.5. The van der Waals surface area contributed by atoms with Gasteiger partial charge < -0.3 is 14.8 Å². The van der Waals surface area contributed by atoms with Gasteiger partial charge in [0.2, 0.25) is 0 Å². The standard InChI is InChI=1S/C23H29F2N3O4/c1-3-18-21-19(9-5-11-31-12-6-10-26-22(21)29)28(27-18)13-15(2)14-32-23(30)20-16(24)7-4-8-17(20)25/h4,7-8,15H,3,5-6,9-14H2,1-2H3,(H,26,29)/t15-/m1/s1. The predicted octanol–water partition coefficient (Wildman–Crippen LogP) is 3.30. The van der Waals surface area contributed by atoms with Crippen LogP contribution in [0.15, 0.2) is 18.2 Å². The third-order valence-electron chi connectivity index (χ3n) is 5.30. The molecule has 0 aliphatic carbocycles. The molecular formula is C23H29F2N3O4. The van der Waals surface area contributed by atoms with Crippen LogP contribution in [0, 0.1) is 17.6 Å². The van der Waals surface area contributed by atoms with Gasteiger partial charge in [0.25, 0.3) is 5.91 Å². The largest absolute Gasteiger partial charge is 0.462 e. The molecular weight excluding hydrogens is 420 g/mol. The fourth-order valence-corrected chi connectivity index (χ4v) is 3.71. The predicted molar refractivity (Wildman–Crippen MR) is 113 cm³/mol. The molecule has 1 aromatic heterocycles. The van der Waals surface area contributed by atoms with E-state index in [0.717, 1.165) is 36.4 Å². The van der Waals surface area contributed by atoms with Crippen molar-refractivity contribution in [2.45, 2.75) is 46.1 Å². The fourth-order valence-electron chi connectivity index (χ4n) is 3.71. The maximum atomic E-state index is 13.8. The number of ether oxygens (including phenoxy) is 2. The van der Waals surface area contributed by atoms with E-state index in [1.165, 1.54) is 6.07 Å². The first-order valence-electron chi connectivity index (χ1n) is 11.0. The molecule has 0 spiro atoms. The Morgan fingerprint density at radius 1 is 1.28 bits per heavy atom. The maximum absolute atomic E-state index is 13.8. The molecule has 1 aromatic carbocycles. The zero-order chi connectivity index (χ0) is 23.1. The number of carbonyl (C=O) groups is 2. The lowest BCUT2D eigenvalue weighted by Crippen LogP contribution is -2.27. The van der Waals surface area contributed by atoms with E-state index in [1.807, 2.05) is 13.8 Å². The van der Waals surface area contributed by atoms with Crippen LogP contribution in [0.3, 0.4) is 0 Å². The normalized spacial score (nSPS) is 15.9. The van der Waals surface area contributed by atoms with Crippen LogP contribution in [0.25, 0.3) is 0 Å². The van der Waals surface area contributed by atoms with Crippen molar-refractivity contribution in [1.82, 2.24) is 15.1 Å². The summed E-state index contributed by atoms with van der Waals surface area (Å²) in [5.41, 5.74) is 1.45. The molecule has 0 fully saturated rings. The number of halogens is 2. The first-order chi connectivity index (χ1) is 15.4. The van der Waals surface area contributed by atoms with Gasteiger partial charge in [-0.1, -0.05) is 19.9 Å². The third kappa shape index (κ3) is 5.70. The topological polar surface area (TPSA) is 82.5 Å². The summed E-state index contributed by atoms with van der Waals surface area (Å²) in [4.78, 5) is 25.0. The van der Waals surface area contributed by atoms with Gasteiger partial charge in [-0.2, -0.15) is 5.10 Å². The summed E-state index contributed by atoms with van der Waals surface area (Å²) in [6.45, 7) is 5.88. The monoisotopic (exact) mass is 449 g/mol. The van der Waals surface area contributed by atoms with E-state index in [-0.39, 0.29) is 18.4 Å². The molecule has 0 radical (unpaired) electrons. The van der Waals surface area contributed by atoms with E-state index in [2.05, 4.69) is 10.4 Å². The number of hydrogen-bond donors (Lipinski definition) is 1. The van der Waals surface area contributed by atoms with Gasteiger partial charge in [-0.25, -0.2) is 13.6 Å². The third-order valence-corrected chi connectivity index (χ3v) is 5.30. The number of aryl methyl sites for hydroxylation is 1. The molecule has 32 heavy (non-hydrogen) atoms. The molecule has 7 nitrogen and oxygen atoms in total. The molecule has 2 aromatic rings. The van der Waals surface area contributed by atoms with Crippen LogP contribution in [0.1, 0.15) is 58.8 Å². The highest BCUT2D eigenvalue weighted by atomic mass is 19.1. The average molecular weight is 449 g/mol. The minimum absolute atomic E-state index is 0.0436. The van der Waals surface area contributed by atoms with Crippen LogP contribution in [0.5, 0.6) is 0 Å². The van der Waals surface area contributed by atoms with Crippen LogP contribution in [0.4, 0.5) is 8.78 Å². The number of nitrogens with one attached hydrogen (secondary N) is 1. The molecule has 0 saturated heterocycles. The molecule has 0 unspecified atom stereocenters. The van der Waals surface area contributed by atoms with Crippen LogP contribution in [0.2, 0.25) is 0 Å². The number of amides is 1. The van der Waals surface area contributed by atoms with Crippen LogP contribution >= 0.6 is 0 Å². The van der Waals surface area contributed by atoms with E-state index in [9.17, 15) is 18.4 Å². The van der Waals surface area contributed by atoms with Crippen molar-refractivity contribution in [2.24, 2.45) is 5.92 Å². The number of carbonyl (C=O) groups excluding carboxylic acids is 2. The number of nitrogens with zero attached hydrogens (tertiary/aromatic N) is 2. The van der Waals surface area contributed by atoms with Gasteiger partial charge in [0.1, 0.15) is 17.2 Å². The van der Waals surface area contributed by atoms with Gasteiger partial charge in [-0.05, 0) is 37.8 Å². The number of fused-ring (bicyclic) bond motifs is 1. The molecule has 1 aliphatic rings. The van der Waals surface area contributed by atoms with Gasteiger partial charge in [-0.3, -0.25) is 9.48 Å². The second kappa shape index (κ2) is 11.2. The van der Waals surface area contributed by atoms with E-state index in [1.54, 1.807) is 4.68 Å². The first kappa shape index (κ1) is 23.8. The molecule has 3 rings (SSSR count). The van der Waals surface area contributed by atoms with Crippen molar-refractivity contribution < 1.29 is 27.8 Å². The lowest BCUT2D eigenvalue weighted by molar-refractivity contribution is 0.0424. The van der Waals surface area contributed by atoms with Crippen LogP contribution in [-0.2, 0) is 28.9 Å². The van der Waals surface area contributed by atoms with E-state index in [0.29, 0.717) is 44.7 Å². The molecule has 9 heteroatoms. The number of hydrogen-bond acceptors (Lipinski definition) is 5. The van der Waals surface area contributed by atoms with Crippen LogP contribution < -0.4 is 5.32 Å². The summed E-state index contributed by atoms with van der Waals surface area (Å²) >= 11 is 0. The number of rotatable bonds is 6. The minimum Gasteiger partial charge on any atom is -0.462 e. The molecule has 0 bridgehead atoms. The highest BCUT2D eigenvalue weighted by Gasteiger charge is 2.24. The second-order valence-electron chi connectivity index (χ2n) is 7.93. The quantitative estimate of drug-likeness (QED) is 0.685. The summed E-state index contributed by atoms with van der Waals surface area (Å²) in [6, 6.07) is 3.21.